The molecule has 2 aliphatic rings. The van der Waals surface area contributed by atoms with Gasteiger partial charge in [-0.15, -0.1) is 0 Å². The van der Waals surface area contributed by atoms with Crippen LogP contribution in [-0.2, 0) is 9.53 Å². The fourth-order valence-electron chi connectivity index (χ4n) is 3.41. The number of fused-ring (bicyclic) bond motifs is 3. The number of benzene rings is 2. The van der Waals surface area contributed by atoms with Gasteiger partial charge in [0.2, 0.25) is 0 Å². The monoisotopic (exact) mass is 266 g/mol. The van der Waals surface area contributed by atoms with Crippen LogP contribution in [0.15, 0.2) is 54.6 Å². The van der Waals surface area contributed by atoms with E-state index in [0.29, 0.717) is 0 Å². The van der Waals surface area contributed by atoms with E-state index in [9.17, 15) is 9.90 Å². The summed E-state index contributed by atoms with van der Waals surface area (Å²) in [6, 6.07) is 17.9. The van der Waals surface area contributed by atoms with Gasteiger partial charge >= 0.3 is 5.97 Å². The minimum absolute atomic E-state index is 0.0349. The summed E-state index contributed by atoms with van der Waals surface area (Å²) in [5.74, 6) is -1.41. The average molecular weight is 266 g/mol. The molecule has 0 radical (unpaired) electrons. The van der Waals surface area contributed by atoms with Crippen LogP contribution in [-0.4, -0.2) is 17.2 Å². The summed E-state index contributed by atoms with van der Waals surface area (Å²) >= 11 is 0. The van der Waals surface area contributed by atoms with Crippen LogP contribution in [0.4, 0.5) is 0 Å². The molecule has 2 aromatic rings. The summed E-state index contributed by atoms with van der Waals surface area (Å²) in [6.07, 6.45) is -0.222. The van der Waals surface area contributed by atoms with Gasteiger partial charge in [0.25, 0.3) is 0 Å². The SMILES string of the molecule is O=C(O)[C@H]1[C@H](c2ccccc2)c2ccccc2[C@H]2O[C@@H]12. The first-order chi connectivity index (χ1) is 9.77. The van der Waals surface area contributed by atoms with Crippen molar-refractivity contribution in [2.75, 3.05) is 0 Å². The molecule has 0 amide bonds. The van der Waals surface area contributed by atoms with Gasteiger partial charge in [0.1, 0.15) is 12.2 Å². The molecule has 100 valence electrons. The van der Waals surface area contributed by atoms with Gasteiger partial charge < -0.3 is 9.84 Å². The lowest BCUT2D eigenvalue weighted by Gasteiger charge is -2.29. The maximum atomic E-state index is 11.7. The summed E-state index contributed by atoms with van der Waals surface area (Å²) in [6.45, 7) is 0. The van der Waals surface area contributed by atoms with Crippen molar-refractivity contribution in [3.05, 3.63) is 71.3 Å². The van der Waals surface area contributed by atoms with Crippen molar-refractivity contribution < 1.29 is 14.6 Å². The molecular formula is C17H14O3. The van der Waals surface area contributed by atoms with Gasteiger partial charge in [0.15, 0.2) is 0 Å². The Hall–Kier alpha value is -2.13. The zero-order valence-corrected chi connectivity index (χ0v) is 10.8. The third kappa shape index (κ3) is 1.60. The third-order valence-corrected chi connectivity index (χ3v) is 4.32. The molecule has 0 unspecified atom stereocenters. The van der Waals surface area contributed by atoms with Crippen molar-refractivity contribution in [1.29, 1.82) is 0 Å². The van der Waals surface area contributed by atoms with E-state index in [4.69, 9.17) is 4.74 Å². The molecule has 3 heteroatoms. The first-order valence-corrected chi connectivity index (χ1v) is 6.79. The lowest BCUT2D eigenvalue weighted by Crippen LogP contribution is -2.31. The molecule has 1 aliphatic carbocycles. The third-order valence-electron chi connectivity index (χ3n) is 4.32. The number of aliphatic carboxylic acids is 1. The summed E-state index contributed by atoms with van der Waals surface area (Å²) < 4.78 is 5.65. The van der Waals surface area contributed by atoms with Crippen LogP contribution in [0.1, 0.15) is 28.7 Å². The molecule has 1 aliphatic heterocycles. The highest BCUT2D eigenvalue weighted by atomic mass is 16.6. The van der Waals surface area contributed by atoms with Crippen molar-refractivity contribution in [2.24, 2.45) is 5.92 Å². The van der Waals surface area contributed by atoms with Gasteiger partial charge in [-0.3, -0.25) is 4.79 Å². The van der Waals surface area contributed by atoms with E-state index in [1.165, 1.54) is 0 Å². The molecule has 1 N–H and O–H groups in total. The van der Waals surface area contributed by atoms with Crippen LogP contribution in [0.3, 0.4) is 0 Å². The van der Waals surface area contributed by atoms with E-state index in [1.807, 2.05) is 54.6 Å². The standard InChI is InChI=1S/C17H14O3/c18-17(19)14-13(10-6-2-1-3-7-10)11-8-4-5-9-12(11)15-16(14)20-15/h1-9,13-16H,(H,18,19)/t13-,14+,15-,16+/m1/s1. The van der Waals surface area contributed by atoms with Crippen molar-refractivity contribution >= 4 is 5.97 Å². The quantitative estimate of drug-likeness (QED) is 0.850. The fourth-order valence-corrected chi connectivity index (χ4v) is 3.41. The second kappa shape index (κ2) is 4.18. The summed E-state index contributed by atoms with van der Waals surface area (Å²) in [5, 5.41) is 9.61. The summed E-state index contributed by atoms with van der Waals surface area (Å²) in [4.78, 5) is 11.7. The van der Waals surface area contributed by atoms with Crippen LogP contribution in [0, 0.1) is 5.92 Å². The lowest BCUT2D eigenvalue weighted by molar-refractivity contribution is -0.143. The molecule has 1 fully saturated rings. The number of ether oxygens (including phenoxy) is 1. The largest absolute Gasteiger partial charge is 0.481 e. The second-order valence-corrected chi connectivity index (χ2v) is 5.40. The normalized spacial score (nSPS) is 30.2. The number of carboxylic acids is 1. The topological polar surface area (TPSA) is 49.8 Å². The van der Waals surface area contributed by atoms with Crippen LogP contribution >= 0.6 is 0 Å². The van der Waals surface area contributed by atoms with E-state index >= 15 is 0 Å². The molecule has 0 aromatic heterocycles. The molecule has 1 saturated heterocycles. The Balaban J connectivity index is 1.91. The van der Waals surface area contributed by atoms with Gasteiger partial charge in [0, 0.05) is 5.92 Å². The van der Waals surface area contributed by atoms with Crippen molar-refractivity contribution in [3.8, 4) is 0 Å². The highest BCUT2D eigenvalue weighted by Crippen LogP contribution is 2.56. The van der Waals surface area contributed by atoms with Crippen LogP contribution in [0.5, 0.6) is 0 Å². The van der Waals surface area contributed by atoms with Gasteiger partial charge in [0.05, 0.1) is 5.92 Å². The summed E-state index contributed by atoms with van der Waals surface area (Å²) in [5.41, 5.74) is 3.27. The Kier molecular flexibility index (Phi) is 2.44. The molecule has 20 heavy (non-hydrogen) atoms. The molecule has 4 rings (SSSR count). The molecule has 0 bridgehead atoms. The Bertz CT molecular complexity index is 665. The maximum Gasteiger partial charge on any atom is 0.310 e. The maximum absolute atomic E-state index is 11.7. The van der Waals surface area contributed by atoms with E-state index in [1.54, 1.807) is 0 Å². The van der Waals surface area contributed by atoms with Gasteiger partial charge in [-0.25, -0.2) is 0 Å². The van der Waals surface area contributed by atoms with Crippen molar-refractivity contribution in [3.63, 3.8) is 0 Å². The van der Waals surface area contributed by atoms with Gasteiger partial charge in [-0.2, -0.15) is 0 Å². The Morgan fingerprint density at radius 1 is 0.950 bits per heavy atom. The average Bonchev–Trinajstić information content (AvgIpc) is 3.26. The molecule has 4 atom stereocenters. The number of carboxylic acid groups (broad SMARTS) is 1. The van der Waals surface area contributed by atoms with E-state index in [-0.39, 0.29) is 18.1 Å². The highest BCUT2D eigenvalue weighted by molar-refractivity contribution is 5.75. The molecule has 0 saturated carbocycles. The first-order valence-electron chi connectivity index (χ1n) is 6.79. The van der Waals surface area contributed by atoms with E-state index in [2.05, 4.69) is 0 Å². The number of hydrogen-bond donors (Lipinski definition) is 1. The Labute approximate surface area is 116 Å². The fraction of sp³-hybridized carbons (Fsp3) is 0.235. The Morgan fingerprint density at radius 2 is 1.60 bits per heavy atom. The first kappa shape index (κ1) is 11.7. The van der Waals surface area contributed by atoms with Crippen LogP contribution in [0.2, 0.25) is 0 Å². The smallest absolute Gasteiger partial charge is 0.310 e. The number of rotatable bonds is 2. The van der Waals surface area contributed by atoms with E-state index < -0.39 is 11.9 Å². The molecule has 2 aromatic carbocycles. The molecular weight excluding hydrogens is 252 g/mol. The lowest BCUT2D eigenvalue weighted by atomic mass is 9.72. The van der Waals surface area contributed by atoms with Crippen molar-refractivity contribution in [1.82, 2.24) is 0 Å². The van der Waals surface area contributed by atoms with Gasteiger partial charge in [-0.05, 0) is 16.7 Å². The molecule has 0 spiro atoms. The van der Waals surface area contributed by atoms with Gasteiger partial charge in [-0.1, -0.05) is 54.6 Å². The number of carbonyl (C=O) groups is 1. The second-order valence-electron chi connectivity index (χ2n) is 5.40. The molecule has 1 heterocycles. The van der Waals surface area contributed by atoms with Crippen LogP contribution < -0.4 is 0 Å². The predicted octanol–water partition coefficient (Wildman–Crippen LogP) is 2.97. The number of epoxide rings is 1. The molecule has 3 nitrogen and oxygen atoms in total. The minimum atomic E-state index is -0.777. The van der Waals surface area contributed by atoms with Crippen LogP contribution in [0.25, 0.3) is 0 Å². The number of hydrogen-bond acceptors (Lipinski definition) is 2. The highest BCUT2D eigenvalue weighted by Gasteiger charge is 2.57. The zero-order valence-electron chi connectivity index (χ0n) is 10.8. The zero-order chi connectivity index (χ0) is 13.7. The van der Waals surface area contributed by atoms with E-state index in [0.717, 1.165) is 16.7 Å². The Morgan fingerprint density at radius 3 is 2.30 bits per heavy atom. The minimum Gasteiger partial charge on any atom is -0.481 e. The predicted molar refractivity (Wildman–Crippen MR) is 73.5 cm³/mol. The van der Waals surface area contributed by atoms with Crippen molar-refractivity contribution in [2.45, 2.75) is 18.1 Å². The summed E-state index contributed by atoms with van der Waals surface area (Å²) in [7, 11) is 0.